The number of halogens is 1. The molecule has 0 radical (unpaired) electrons. The van der Waals surface area contributed by atoms with Crippen LogP contribution in [0.15, 0.2) is 17.1 Å². The molecule has 0 saturated heterocycles. The molecule has 0 aliphatic carbocycles. The lowest BCUT2D eigenvalue weighted by Crippen LogP contribution is -2.27. The summed E-state index contributed by atoms with van der Waals surface area (Å²) in [5.41, 5.74) is -0.765. The van der Waals surface area contributed by atoms with E-state index in [9.17, 15) is 14.0 Å². The van der Waals surface area contributed by atoms with Crippen molar-refractivity contribution in [1.82, 2.24) is 4.57 Å². The molecule has 1 N–H and O–H groups in total. The third kappa shape index (κ3) is 1.84. The van der Waals surface area contributed by atoms with Crippen LogP contribution in [-0.4, -0.2) is 22.2 Å². The minimum Gasteiger partial charge on any atom is -0.489 e. The molecule has 1 aromatic carbocycles. The summed E-state index contributed by atoms with van der Waals surface area (Å²) in [5, 5.41) is 17.9. The molecule has 1 aliphatic rings. The number of nitrogens with zero attached hydrogens (tertiary/aromatic N) is 2. The number of rotatable bonds is 2. The molecule has 6 nitrogen and oxygen atoms in total. The second-order valence-electron chi connectivity index (χ2n) is 5.14. The number of nitriles is 1. The molecule has 2 heterocycles. The Labute approximate surface area is 124 Å². The summed E-state index contributed by atoms with van der Waals surface area (Å²) in [6, 6.07) is 2.63. The SMILES string of the molecule is C[C@@H]1COc2c(CC#N)c(F)cc3c(=O)c(C(=O)O)cn1c23. The molecule has 3 rings (SSSR count). The highest BCUT2D eigenvalue weighted by Gasteiger charge is 2.27. The number of aromatic carboxylic acids is 1. The lowest BCUT2D eigenvalue weighted by Gasteiger charge is -2.28. The van der Waals surface area contributed by atoms with Crippen molar-refractivity contribution in [2.75, 3.05) is 6.61 Å². The summed E-state index contributed by atoms with van der Waals surface area (Å²) in [6.07, 6.45) is 1.05. The van der Waals surface area contributed by atoms with E-state index in [1.165, 1.54) is 6.20 Å². The Morgan fingerprint density at radius 2 is 2.36 bits per heavy atom. The largest absolute Gasteiger partial charge is 0.489 e. The summed E-state index contributed by atoms with van der Waals surface area (Å²) < 4.78 is 21.3. The summed E-state index contributed by atoms with van der Waals surface area (Å²) in [4.78, 5) is 23.5. The van der Waals surface area contributed by atoms with Gasteiger partial charge in [-0.25, -0.2) is 9.18 Å². The number of aromatic nitrogens is 1. The fourth-order valence-electron chi connectivity index (χ4n) is 2.68. The highest BCUT2D eigenvalue weighted by atomic mass is 19.1. The third-order valence-electron chi connectivity index (χ3n) is 3.75. The zero-order valence-corrected chi connectivity index (χ0v) is 11.6. The molecular formula is C15H11FN2O4. The van der Waals surface area contributed by atoms with Crippen LogP contribution in [0.2, 0.25) is 0 Å². The predicted octanol–water partition coefficient (Wildman–Crippen LogP) is 1.86. The average Bonchev–Trinajstić information content (AvgIpc) is 2.47. The quantitative estimate of drug-likeness (QED) is 0.914. The minimum absolute atomic E-state index is 0.0550. The first-order valence-electron chi connectivity index (χ1n) is 6.59. The first-order chi connectivity index (χ1) is 10.5. The number of hydrogen-bond donors (Lipinski definition) is 1. The highest BCUT2D eigenvalue weighted by Crippen LogP contribution is 2.36. The Bertz CT molecular complexity index is 911. The van der Waals surface area contributed by atoms with E-state index in [4.69, 9.17) is 15.1 Å². The average molecular weight is 302 g/mol. The number of carbonyl (C=O) groups is 1. The fraction of sp³-hybridized carbons (Fsp3) is 0.267. The van der Waals surface area contributed by atoms with E-state index in [0.717, 1.165) is 6.07 Å². The maximum Gasteiger partial charge on any atom is 0.341 e. The topological polar surface area (TPSA) is 92.3 Å². The van der Waals surface area contributed by atoms with Gasteiger partial charge in [-0.15, -0.1) is 0 Å². The van der Waals surface area contributed by atoms with E-state index in [1.807, 2.05) is 6.07 Å². The Morgan fingerprint density at radius 3 is 3.00 bits per heavy atom. The van der Waals surface area contributed by atoms with Gasteiger partial charge in [-0.05, 0) is 13.0 Å². The Hall–Kier alpha value is -2.88. The second kappa shape index (κ2) is 4.84. The molecule has 0 unspecified atom stereocenters. The standard InChI is InChI=1S/C15H11FN2O4/c1-7-6-22-14-8(2-3-17)11(16)4-9-12(14)18(7)5-10(13(9)19)15(20)21/h4-5,7H,2,6H2,1H3,(H,20,21)/t7-/m1/s1. The van der Waals surface area contributed by atoms with Crippen molar-refractivity contribution in [3.05, 3.63) is 39.4 Å². The van der Waals surface area contributed by atoms with Gasteiger partial charge in [0.15, 0.2) is 5.75 Å². The van der Waals surface area contributed by atoms with Crippen molar-refractivity contribution in [1.29, 1.82) is 5.26 Å². The van der Waals surface area contributed by atoms with Gasteiger partial charge in [-0.2, -0.15) is 5.26 Å². The van der Waals surface area contributed by atoms with Crippen LogP contribution in [0.25, 0.3) is 10.9 Å². The third-order valence-corrected chi connectivity index (χ3v) is 3.75. The molecular weight excluding hydrogens is 291 g/mol. The molecule has 0 spiro atoms. The van der Waals surface area contributed by atoms with Crippen molar-refractivity contribution in [2.24, 2.45) is 0 Å². The monoisotopic (exact) mass is 302 g/mol. The van der Waals surface area contributed by atoms with Gasteiger partial charge in [0.2, 0.25) is 5.43 Å². The molecule has 7 heteroatoms. The smallest absolute Gasteiger partial charge is 0.341 e. The number of carboxylic acid groups (broad SMARTS) is 1. The van der Waals surface area contributed by atoms with Gasteiger partial charge in [0.05, 0.1) is 29.4 Å². The van der Waals surface area contributed by atoms with Gasteiger partial charge in [0.1, 0.15) is 18.0 Å². The molecule has 22 heavy (non-hydrogen) atoms. The van der Waals surface area contributed by atoms with Gasteiger partial charge in [-0.3, -0.25) is 4.79 Å². The van der Waals surface area contributed by atoms with Crippen LogP contribution in [0.3, 0.4) is 0 Å². The molecule has 0 amide bonds. The zero-order chi connectivity index (χ0) is 16.0. The van der Waals surface area contributed by atoms with E-state index < -0.39 is 22.8 Å². The van der Waals surface area contributed by atoms with Gasteiger partial charge in [0, 0.05) is 11.8 Å². The normalized spacial score (nSPS) is 16.1. The number of pyridine rings is 1. The van der Waals surface area contributed by atoms with E-state index in [1.54, 1.807) is 11.5 Å². The Kier molecular flexibility index (Phi) is 3.10. The summed E-state index contributed by atoms with van der Waals surface area (Å²) >= 11 is 0. The van der Waals surface area contributed by atoms with Crippen molar-refractivity contribution < 1.29 is 19.0 Å². The number of ether oxygens (including phenoxy) is 1. The molecule has 0 fully saturated rings. The van der Waals surface area contributed by atoms with Crippen LogP contribution < -0.4 is 10.2 Å². The maximum atomic E-state index is 14.2. The van der Waals surface area contributed by atoms with Crippen LogP contribution in [0.4, 0.5) is 4.39 Å². The Morgan fingerprint density at radius 1 is 1.64 bits per heavy atom. The summed E-state index contributed by atoms with van der Waals surface area (Å²) in [7, 11) is 0. The summed E-state index contributed by atoms with van der Waals surface area (Å²) in [5.74, 6) is -1.97. The second-order valence-corrected chi connectivity index (χ2v) is 5.14. The van der Waals surface area contributed by atoms with Gasteiger partial charge < -0.3 is 14.4 Å². The first kappa shape index (κ1) is 14.1. The van der Waals surface area contributed by atoms with Gasteiger partial charge >= 0.3 is 5.97 Å². The number of benzene rings is 1. The van der Waals surface area contributed by atoms with Gasteiger partial charge in [0.25, 0.3) is 0 Å². The number of hydrogen-bond acceptors (Lipinski definition) is 4. The molecule has 2 aromatic rings. The van der Waals surface area contributed by atoms with Crippen molar-refractivity contribution in [2.45, 2.75) is 19.4 Å². The molecule has 0 bridgehead atoms. The van der Waals surface area contributed by atoms with Crippen LogP contribution in [-0.2, 0) is 6.42 Å². The predicted molar refractivity (Wildman–Crippen MR) is 74.6 cm³/mol. The molecule has 1 aromatic heterocycles. The van der Waals surface area contributed by atoms with Crippen molar-refractivity contribution in [3.63, 3.8) is 0 Å². The first-order valence-corrected chi connectivity index (χ1v) is 6.59. The van der Waals surface area contributed by atoms with Crippen LogP contribution in [0.1, 0.15) is 28.9 Å². The maximum absolute atomic E-state index is 14.2. The molecule has 1 atom stereocenters. The minimum atomic E-state index is -1.36. The lowest BCUT2D eigenvalue weighted by molar-refractivity contribution is 0.0694. The fourth-order valence-corrected chi connectivity index (χ4v) is 2.68. The molecule has 1 aliphatic heterocycles. The number of carboxylic acids is 1. The summed E-state index contributed by atoms with van der Waals surface area (Å²) in [6.45, 7) is 2.00. The highest BCUT2D eigenvalue weighted by molar-refractivity contribution is 5.95. The Balaban J connectivity index is 2.52. The van der Waals surface area contributed by atoms with Crippen molar-refractivity contribution >= 4 is 16.9 Å². The van der Waals surface area contributed by atoms with E-state index in [2.05, 4.69) is 0 Å². The van der Waals surface area contributed by atoms with Crippen LogP contribution >= 0.6 is 0 Å². The van der Waals surface area contributed by atoms with E-state index in [0.29, 0.717) is 5.52 Å². The lowest BCUT2D eigenvalue weighted by atomic mass is 10.0. The zero-order valence-electron chi connectivity index (χ0n) is 11.6. The van der Waals surface area contributed by atoms with E-state index in [-0.39, 0.29) is 35.8 Å². The molecule has 112 valence electrons. The van der Waals surface area contributed by atoms with Crippen LogP contribution in [0, 0.1) is 17.1 Å². The van der Waals surface area contributed by atoms with Gasteiger partial charge in [-0.1, -0.05) is 0 Å². The van der Waals surface area contributed by atoms with Crippen LogP contribution in [0.5, 0.6) is 5.75 Å². The van der Waals surface area contributed by atoms with E-state index >= 15 is 0 Å². The van der Waals surface area contributed by atoms with Crippen molar-refractivity contribution in [3.8, 4) is 11.8 Å². The molecule has 0 saturated carbocycles.